The predicted octanol–water partition coefficient (Wildman–Crippen LogP) is 7.11. The fourth-order valence-corrected chi connectivity index (χ4v) is 6.88. The summed E-state index contributed by atoms with van der Waals surface area (Å²) in [4.78, 5) is 0. The van der Waals surface area contributed by atoms with Crippen LogP contribution in [0, 0.1) is 0 Å². The predicted molar refractivity (Wildman–Crippen MR) is 150 cm³/mol. The van der Waals surface area contributed by atoms with Crippen LogP contribution >= 0.6 is 0 Å². The van der Waals surface area contributed by atoms with Crippen molar-refractivity contribution in [3.05, 3.63) is 142 Å². The Labute approximate surface area is 221 Å². The van der Waals surface area contributed by atoms with Gasteiger partial charge in [-0.1, -0.05) is 96.2 Å². The second kappa shape index (κ2) is 8.29. The lowest BCUT2D eigenvalue weighted by atomic mass is 9.67. The molecule has 1 aromatic heterocycles. The number of allylic oxidation sites excluding steroid dienone is 2. The Morgan fingerprint density at radius 1 is 0.632 bits per heavy atom. The highest BCUT2D eigenvalue weighted by Gasteiger charge is 2.51. The molecule has 0 saturated heterocycles. The maximum Gasteiger partial charge on any atom is 0.136 e. The zero-order chi connectivity index (χ0) is 25.1. The Bertz CT molecular complexity index is 1700. The topological polar surface area (TPSA) is 39.9 Å². The number of ether oxygens (including phenoxy) is 1. The lowest BCUT2D eigenvalue weighted by molar-refractivity contribution is 0.303. The SMILES string of the molecule is c1ccc(CC2(n3nnc4ccccc43)C3=C(OC4=C2CCc2ccccc24)c2ccccc2CC3)cc1. The van der Waals surface area contributed by atoms with Crippen molar-refractivity contribution in [3.63, 3.8) is 0 Å². The molecule has 38 heavy (non-hydrogen) atoms. The number of fused-ring (bicyclic) bond motifs is 5. The molecule has 0 saturated carbocycles. The Balaban J connectivity index is 1.50. The first-order chi connectivity index (χ1) is 18.8. The summed E-state index contributed by atoms with van der Waals surface area (Å²) in [5.74, 6) is 2.00. The number of nitrogens with zero attached hydrogens (tertiary/aromatic N) is 3. The van der Waals surface area contributed by atoms with Crippen LogP contribution in [-0.2, 0) is 29.5 Å². The van der Waals surface area contributed by atoms with Gasteiger partial charge in [0.15, 0.2) is 0 Å². The minimum Gasteiger partial charge on any atom is -0.456 e. The molecule has 0 unspecified atom stereocenters. The standard InChI is InChI=1S/C34H27N3O/c1-2-10-23(11-3-1)22-34(37-31-17-9-8-16-30(31)35-36-37)28-20-18-24-12-4-6-14-26(24)32(28)38-33-27-15-7-5-13-25(27)19-21-29(33)34/h1-17H,18-22H2. The number of benzene rings is 4. The van der Waals surface area contributed by atoms with E-state index in [1.165, 1.54) is 39.0 Å². The second-order valence-corrected chi connectivity index (χ2v) is 10.5. The summed E-state index contributed by atoms with van der Waals surface area (Å²) in [6.07, 6.45) is 4.62. The van der Waals surface area contributed by atoms with Gasteiger partial charge in [0.05, 0.1) is 5.52 Å². The molecule has 0 bridgehead atoms. The minimum absolute atomic E-state index is 0.512. The van der Waals surface area contributed by atoms with Crippen molar-refractivity contribution < 1.29 is 4.74 Å². The van der Waals surface area contributed by atoms with Crippen molar-refractivity contribution in [1.82, 2.24) is 15.0 Å². The van der Waals surface area contributed by atoms with E-state index in [4.69, 9.17) is 9.95 Å². The fourth-order valence-electron chi connectivity index (χ4n) is 6.88. The molecule has 0 atom stereocenters. The van der Waals surface area contributed by atoms with Crippen LogP contribution in [0.15, 0.2) is 114 Å². The molecule has 2 aliphatic carbocycles. The van der Waals surface area contributed by atoms with Crippen LogP contribution in [0.5, 0.6) is 0 Å². The highest BCUT2D eigenvalue weighted by Crippen LogP contribution is 2.56. The van der Waals surface area contributed by atoms with E-state index in [9.17, 15) is 0 Å². The lowest BCUT2D eigenvalue weighted by Crippen LogP contribution is -2.46. The number of hydrogen-bond acceptors (Lipinski definition) is 3. The third-order valence-electron chi connectivity index (χ3n) is 8.58. The quantitative estimate of drug-likeness (QED) is 0.269. The highest BCUT2D eigenvalue weighted by atomic mass is 16.5. The first kappa shape index (κ1) is 21.6. The Morgan fingerprint density at radius 3 is 1.89 bits per heavy atom. The molecule has 4 aromatic carbocycles. The maximum absolute atomic E-state index is 7.05. The first-order valence-electron chi connectivity index (χ1n) is 13.5. The average molecular weight is 494 g/mol. The molecule has 3 aliphatic rings. The normalized spacial score (nSPS) is 17.4. The third-order valence-corrected chi connectivity index (χ3v) is 8.58. The molecule has 0 spiro atoms. The summed E-state index contributed by atoms with van der Waals surface area (Å²) < 4.78 is 9.27. The van der Waals surface area contributed by atoms with Crippen LogP contribution < -0.4 is 0 Å². The van der Waals surface area contributed by atoms with Gasteiger partial charge in [-0.05, 0) is 54.5 Å². The van der Waals surface area contributed by atoms with E-state index in [1.807, 2.05) is 6.07 Å². The molecule has 0 N–H and O–H groups in total. The fraction of sp³-hybridized carbons (Fsp3) is 0.176. The van der Waals surface area contributed by atoms with E-state index in [2.05, 4.69) is 107 Å². The van der Waals surface area contributed by atoms with Gasteiger partial charge in [-0.2, -0.15) is 0 Å². The summed E-state index contributed by atoms with van der Waals surface area (Å²) in [6.45, 7) is 0. The van der Waals surface area contributed by atoms with Crippen molar-refractivity contribution in [2.45, 2.75) is 37.6 Å². The molecule has 184 valence electrons. The zero-order valence-electron chi connectivity index (χ0n) is 21.1. The number of aryl methyl sites for hydroxylation is 2. The van der Waals surface area contributed by atoms with Crippen molar-refractivity contribution in [1.29, 1.82) is 0 Å². The van der Waals surface area contributed by atoms with E-state index in [-0.39, 0.29) is 0 Å². The largest absolute Gasteiger partial charge is 0.456 e. The van der Waals surface area contributed by atoms with Crippen LogP contribution in [0.4, 0.5) is 0 Å². The number of hydrogen-bond donors (Lipinski definition) is 0. The summed E-state index contributed by atoms with van der Waals surface area (Å²) in [5.41, 5.74) is 10.5. The summed E-state index contributed by atoms with van der Waals surface area (Å²) in [5, 5.41) is 9.60. The Kier molecular flexibility index (Phi) is 4.72. The molecule has 4 heteroatoms. The second-order valence-electron chi connectivity index (χ2n) is 10.5. The van der Waals surface area contributed by atoms with Crippen molar-refractivity contribution in [2.75, 3.05) is 0 Å². The third kappa shape index (κ3) is 3.03. The van der Waals surface area contributed by atoms with E-state index in [0.29, 0.717) is 0 Å². The van der Waals surface area contributed by atoms with Crippen LogP contribution in [0.25, 0.3) is 22.6 Å². The van der Waals surface area contributed by atoms with Crippen LogP contribution in [0.3, 0.4) is 0 Å². The molecule has 4 nitrogen and oxygen atoms in total. The molecule has 1 aliphatic heterocycles. The molecular formula is C34H27N3O. The number of rotatable bonds is 3. The molecule has 0 fully saturated rings. The van der Waals surface area contributed by atoms with Crippen molar-refractivity contribution in [3.8, 4) is 0 Å². The monoisotopic (exact) mass is 493 g/mol. The van der Waals surface area contributed by atoms with Gasteiger partial charge in [-0.3, -0.25) is 0 Å². The maximum atomic E-state index is 7.05. The number of para-hydroxylation sites is 1. The van der Waals surface area contributed by atoms with Crippen LogP contribution in [0.2, 0.25) is 0 Å². The molecule has 5 aromatic rings. The van der Waals surface area contributed by atoms with Gasteiger partial charge >= 0.3 is 0 Å². The van der Waals surface area contributed by atoms with Crippen molar-refractivity contribution in [2.24, 2.45) is 0 Å². The van der Waals surface area contributed by atoms with E-state index < -0.39 is 5.54 Å². The smallest absolute Gasteiger partial charge is 0.136 e. The average Bonchev–Trinajstić information content (AvgIpc) is 3.42. The Morgan fingerprint density at radius 2 is 1.21 bits per heavy atom. The summed E-state index contributed by atoms with van der Waals surface area (Å²) >= 11 is 0. The lowest BCUT2D eigenvalue weighted by Gasteiger charge is -2.47. The van der Waals surface area contributed by atoms with Gasteiger partial charge in [-0.15, -0.1) is 5.10 Å². The molecular weight excluding hydrogens is 466 g/mol. The van der Waals surface area contributed by atoms with Gasteiger partial charge in [0.1, 0.15) is 22.6 Å². The van der Waals surface area contributed by atoms with Gasteiger partial charge in [0.25, 0.3) is 0 Å². The van der Waals surface area contributed by atoms with Gasteiger partial charge in [0, 0.05) is 28.7 Å². The molecule has 2 heterocycles. The van der Waals surface area contributed by atoms with Gasteiger partial charge in [0.2, 0.25) is 0 Å². The minimum atomic E-state index is -0.512. The van der Waals surface area contributed by atoms with E-state index in [1.54, 1.807) is 0 Å². The highest BCUT2D eigenvalue weighted by molar-refractivity contribution is 5.85. The molecule has 0 radical (unpaired) electrons. The van der Waals surface area contributed by atoms with Crippen molar-refractivity contribution >= 4 is 22.6 Å². The van der Waals surface area contributed by atoms with Crippen LogP contribution in [-0.4, -0.2) is 15.0 Å². The zero-order valence-corrected chi connectivity index (χ0v) is 21.1. The molecule has 0 amide bonds. The summed E-state index contributed by atoms with van der Waals surface area (Å²) in [6, 6.07) is 36.6. The first-order valence-corrected chi connectivity index (χ1v) is 13.5. The van der Waals surface area contributed by atoms with Gasteiger partial charge in [-0.25, -0.2) is 4.68 Å². The Hall–Kier alpha value is -4.44. The molecule has 8 rings (SSSR count). The van der Waals surface area contributed by atoms with E-state index >= 15 is 0 Å². The van der Waals surface area contributed by atoms with E-state index in [0.717, 1.165) is 54.7 Å². The summed E-state index contributed by atoms with van der Waals surface area (Å²) in [7, 11) is 0. The van der Waals surface area contributed by atoms with Crippen LogP contribution in [0.1, 0.15) is 40.7 Å². The van der Waals surface area contributed by atoms with Gasteiger partial charge < -0.3 is 4.74 Å². The number of aromatic nitrogens is 3.